The Morgan fingerprint density at radius 3 is 2.84 bits per heavy atom. The first kappa shape index (κ1) is 12.4. The van der Waals surface area contributed by atoms with E-state index in [1.807, 2.05) is 19.2 Å². The van der Waals surface area contributed by atoms with Crippen LogP contribution in [0.2, 0.25) is 0 Å². The molecule has 0 spiro atoms. The number of Topliss-reactive ketones (excluding diaryl/α,β-unsaturated/α-hetero) is 1. The monoisotopic (exact) mass is 257 g/mol. The van der Waals surface area contributed by atoms with E-state index in [1.54, 1.807) is 6.92 Å². The lowest BCUT2D eigenvalue weighted by atomic mass is 9.89. The lowest BCUT2D eigenvalue weighted by Crippen LogP contribution is -2.45. The average Bonchev–Trinajstić information content (AvgIpc) is 2.76. The molecule has 0 radical (unpaired) electrons. The molecule has 0 amide bonds. The lowest BCUT2D eigenvalue weighted by Gasteiger charge is -2.35. The van der Waals surface area contributed by atoms with Crippen molar-refractivity contribution in [3.05, 3.63) is 34.9 Å². The summed E-state index contributed by atoms with van der Waals surface area (Å²) in [5.74, 6) is 1.08. The highest BCUT2D eigenvalue weighted by Gasteiger charge is 2.29. The summed E-state index contributed by atoms with van der Waals surface area (Å²) in [5.41, 5.74) is 3.25. The maximum Gasteiger partial charge on any atom is 0.156 e. The Balaban J connectivity index is 1.69. The second-order valence-corrected chi connectivity index (χ2v) is 5.46. The van der Waals surface area contributed by atoms with Crippen LogP contribution in [0.3, 0.4) is 0 Å². The van der Waals surface area contributed by atoms with Crippen LogP contribution in [0, 0.1) is 0 Å². The van der Waals surface area contributed by atoms with Crippen LogP contribution in [0.1, 0.15) is 30.9 Å². The average molecular weight is 257 g/mol. The van der Waals surface area contributed by atoms with Crippen LogP contribution >= 0.6 is 0 Å². The molecule has 100 valence electrons. The zero-order valence-corrected chi connectivity index (χ0v) is 11.4. The molecule has 0 unspecified atom stereocenters. The second-order valence-electron chi connectivity index (χ2n) is 5.46. The molecule has 0 aromatic heterocycles. The van der Waals surface area contributed by atoms with E-state index in [-0.39, 0.29) is 5.78 Å². The molecule has 0 atom stereocenters. The molecule has 0 heterocycles. The fraction of sp³-hybridized carbons (Fsp3) is 0.438. The van der Waals surface area contributed by atoms with Gasteiger partial charge in [0.2, 0.25) is 0 Å². The summed E-state index contributed by atoms with van der Waals surface area (Å²) in [7, 11) is 1.99. The van der Waals surface area contributed by atoms with Crippen molar-refractivity contribution in [3.63, 3.8) is 0 Å². The standard InChI is InChI=1S/C16H19NO2/c1-10(18)12-5-11-3-4-15(7-13(11)6-12)19-16-8-14(9-16)17-2/h3-4,6-7,14,16-17H,5,8-9H2,1-2H3. The molecular weight excluding hydrogens is 238 g/mol. The Hall–Kier alpha value is -1.61. The van der Waals surface area contributed by atoms with Gasteiger partial charge in [-0.25, -0.2) is 0 Å². The number of benzene rings is 1. The topological polar surface area (TPSA) is 38.3 Å². The highest BCUT2D eigenvalue weighted by molar-refractivity contribution is 6.00. The summed E-state index contributed by atoms with van der Waals surface area (Å²) in [5, 5.41) is 3.25. The normalized spacial score (nSPS) is 24.4. The molecule has 1 fully saturated rings. The van der Waals surface area contributed by atoms with Crippen molar-refractivity contribution in [1.82, 2.24) is 5.32 Å². The molecule has 3 heteroatoms. The fourth-order valence-corrected chi connectivity index (χ4v) is 2.70. The van der Waals surface area contributed by atoms with E-state index in [4.69, 9.17) is 4.74 Å². The van der Waals surface area contributed by atoms with E-state index >= 15 is 0 Å². The number of allylic oxidation sites excluding steroid dienone is 1. The quantitative estimate of drug-likeness (QED) is 0.899. The molecule has 0 saturated heterocycles. The predicted octanol–water partition coefficient (Wildman–Crippen LogP) is 2.34. The van der Waals surface area contributed by atoms with E-state index in [9.17, 15) is 4.79 Å². The Labute approximate surface area is 113 Å². The third-order valence-corrected chi connectivity index (χ3v) is 4.09. The Bertz CT molecular complexity index is 542. The minimum Gasteiger partial charge on any atom is -0.490 e. The number of rotatable bonds is 4. The fourth-order valence-electron chi connectivity index (χ4n) is 2.70. The first-order valence-corrected chi connectivity index (χ1v) is 6.84. The van der Waals surface area contributed by atoms with Crippen LogP contribution in [0.4, 0.5) is 0 Å². The highest BCUT2D eigenvalue weighted by Crippen LogP contribution is 2.31. The van der Waals surface area contributed by atoms with Gasteiger partial charge in [0.25, 0.3) is 0 Å². The summed E-state index contributed by atoms with van der Waals surface area (Å²) in [6.07, 6.45) is 5.22. The Morgan fingerprint density at radius 1 is 1.37 bits per heavy atom. The predicted molar refractivity (Wildman–Crippen MR) is 75.3 cm³/mol. The van der Waals surface area contributed by atoms with E-state index < -0.39 is 0 Å². The molecule has 0 aliphatic heterocycles. The van der Waals surface area contributed by atoms with Crippen molar-refractivity contribution in [2.75, 3.05) is 7.05 Å². The first-order valence-electron chi connectivity index (χ1n) is 6.84. The molecule has 1 N–H and O–H groups in total. The highest BCUT2D eigenvalue weighted by atomic mass is 16.5. The lowest BCUT2D eigenvalue weighted by molar-refractivity contribution is -0.113. The molecule has 3 nitrogen and oxygen atoms in total. The van der Waals surface area contributed by atoms with Gasteiger partial charge in [-0.15, -0.1) is 0 Å². The van der Waals surface area contributed by atoms with Gasteiger partial charge in [0, 0.05) is 12.5 Å². The van der Waals surface area contributed by atoms with Crippen molar-refractivity contribution in [3.8, 4) is 5.75 Å². The van der Waals surface area contributed by atoms with Crippen molar-refractivity contribution >= 4 is 11.9 Å². The van der Waals surface area contributed by atoms with Gasteiger partial charge in [-0.3, -0.25) is 4.79 Å². The van der Waals surface area contributed by atoms with E-state index in [1.165, 1.54) is 5.56 Å². The molecular formula is C16H19NO2. The van der Waals surface area contributed by atoms with Crippen LogP contribution in [0.15, 0.2) is 23.8 Å². The van der Waals surface area contributed by atoms with Gasteiger partial charge >= 0.3 is 0 Å². The Morgan fingerprint density at radius 2 is 2.16 bits per heavy atom. The number of ether oxygens (including phenoxy) is 1. The van der Waals surface area contributed by atoms with E-state index in [0.717, 1.165) is 36.1 Å². The van der Waals surface area contributed by atoms with Gasteiger partial charge < -0.3 is 10.1 Å². The molecule has 1 aromatic carbocycles. The number of carbonyl (C=O) groups is 1. The zero-order chi connectivity index (χ0) is 13.4. The smallest absolute Gasteiger partial charge is 0.156 e. The van der Waals surface area contributed by atoms with Gasteiger partial charge in [0.05, 0.1) is 0 Å². The van der Waals surface area contributed by atoms with Gasteiger partial charge in [-0.05, 0) is 61.7 Å². The SMILES string of the molecule is CNC1CC(Oc2ccc3c(c2)C=C(C(C)=O)C3)C1. The molecule has 3 rings (SSSR count). The summed E-state index contributed by atoms with van der Waals surface area (Å²) < 4.78 is 5.95. The van der Waals surface area contributed by atoms with Crippen molar-refractivity contribution in [1.29, 1.82) is 0 Å². The third-order valence-electron chi connectivity index (χ3n) is 4.09. The summed E-state index contributed by atoms with van der Waals surface area (Å²) in [4.78, 5) is 11.4. The van der Waals surface area contributed by atoms with Gasteiger partial charge in [-0.1, -0.05) is 6.07 Å². The van der Waals surface area contributed by atoms with E-state index in [2.05, 4.69) is 17.4 Å². The summed E-state index contributed by atoms with van der Waals surface area (Å²) in [6, 6.07) is 6.75. The van der Waals surface area contributed by atoms with Crippen LogP contribution in [0.5, 0.6) is 5.75 Å². The molecule has 0 bridgehead atoms. The molecule has 2 aliphatic rings. The maximum atomic E-state index is 11.4. The molecule has 1 saturated carbocycles. The number of hydrogen-bond donors (Lipinski definition) is 1. The first-order chi connectivity index (χ1) is 9.15. The van der Waals surface area contributed by atoms with Crippen molar-refractivity contribution in [2.45, 2.75) is 38.3 Å². The number of nitrogens with one attached hydrogen (secondary N) is 1. The second kappa shape index (κ2) is 4.82. The largest absolute Gasteiger partial charge is 0.490 e. The van der Waals surface area contributed by atoms with Gasteiger partial charge in [0.15, 0.2) is 5.78 Å². The summed E-state index contributed by atoms with van der Waals surface area (Å²) in [6.45, 7) is 1.63. The molecule has 1 aromatic rings. The number of hydrogen-bond acceptors (Lipinski definition) is 3. The van der Waals surface area contributed by atoms with Crippen LogP contribution in [0.25, 0.3) is 6.08 Å². The van der Waals surface area contributed by atoms with Gasteiger partial charge in [0.1, 0.15) is 11.9 Å². The molecule has 19 heavy (non-hydrogen) atoms. The molecule has 2 aliphatic carbocycles. The van der Waals surface area contributed by atoms with Crippen LogP contribution < -0.4 is 10.1 Å². The van der Waals surface area contributed by atoms with Crippen LogP contribution in [-0.2, 0) is 11.2 Å². The minimum atomic E-state index is 0.162. The number of ketones is 1. The third kappa shape index (κ3) is 2.43. The summed E-state index contributed by atoms with van der Waals surface area (Å²) >= 11 is 0. The minimum absolute atomic E-state index is 0.162. The van der Waals surface area contributed by atoms with Crippen molar-refractivity contribution < 1.29 is 9.53 Å². The number of fused-ring (bicyclic) bond motifs is 1. The zero-order valence-electron chi connectivity index (χ0n) is 11.4. The van der Waals surface area contributed by atoms with Crippen molar-refractivity contribution in [2.24, 2.45) is 0 Å². The van der Waals surface area contributed by atoms with Crippen LogP contribution in [-0.4, -0.2) is 25.0 Å². The van der Waals surface area contributed by atoms with Gasteiger partial charge in [-0.2, -0.15) is 0 Å². The Kier molecular flexibility index (Phi) is 3.15. The number of carbonyl (C=O) groups excluding carboxylic acids is 1. The maximum absolute atomic E-state index is 11.4. The van der Waals surface area contributed by atoms with E-state index in [0.29, 0.717) is 12.1 Å².